The van der Waals surface area contributed by atoms with Crippen molar-refractivity contribution in [3.8, 4) is 0 Å². The summed E-state index contributed by atoms with van der Waals surface area (Å²) in [5.74, 6) is 1.27. The first kappa shape index (κ1) is 18.9. The van der Waals surface area contributed by atoms with Crippen molar-refractivity contribution in [3.05, 3.63) is 18.2 Å². The molecule has 0 fully saturated rings. The Kier molecular flexibility index (Phi) is 5.39. The van der Waals surface area contributed by atoms with E-state index in [1.807, 2.05) is 19.4 Å². The van der Waals surface area contributed by atoms with Crippen molar-refractivity contribution in [3.63, 3.8) is 0 Å². The molecule has 0 aromatic carbocycles. The van der Waals surface area contributed by atoms with E-state index in [-0.39, 0.29) is 0 Å². The van der Waals surface area contributed by atoms with Crippen molar-refractivity contribution >= 4 is 9.84 Å². The van der Waals surface area contributed by atoms with E-state index in [2.05, 4.69) is 37.1 Å². The molecule has 2 rings (SSSR count). The number of rotatable bonds is 3. The van der Waals surface area contributed by atoms with Crippen LogP contribution in [0.4, 0.5) is 22.0 Å². The summed E-state index contributed by atoms with van der Waals surface area (Å²) in [6, 6.07) is 0. The fourth-order valence-corrected chi connectivity index (χ4v) is 2.12. The Morgan fingerprint density at radius 2 is 1.91 bits per heavy atom. The highest BCUT2D eigenvalue weighted by Crippen LogP contribution is 2.41. The number of aromatic nitrogens is 6. The fraction of sp³-hybridized carbons (Fsp3) is 0.556. The Labute approximate surface area is 126 Å². The van der Waals surface area contributed by atoms with E-state index < -0.39 is 26.4 Å². The van der Waals surface area contributed by atoms with Crippen molar-refractivity contribution in [2.24, 2.45) is 7.05 Å². The molecule has 0 unspecified atom stereocenters. The molecule has 0 bridgehead atoms. The van der Waals surface area contributed by atoms with Crippen LogP contribution in [0.1, 0.15) is 12.7 Å². The molecule has 130 valence electrons. The summed E-state index contributed by atoms with van der Waals surface area (Å²) in [6.45, 7) is 2.13. The highest BCUT2D eigenvalue weighted by Gasteiger charge is 2.67. The lowest BCUT2D eigenvalue weighted by Gasteiger charge is -2.19. The molecule has 2 aromatic heterocycles. The Morgan fingerprint density at radius 3 is 2.22 bits per heavy atom. The number of nitrogens with zero attached hydrogens (tertiary/aromatic N) is 5. The number of tetrazole rings is 1. The maximum Gasteiger partial charge on any atom is 0.469 e. The maximum absolute atomic E-state index is 12.4. The molecular weight excluding hydrogens is 351 g/mol. The van der Waals surface area contributed by atoms with Gasteiger partial charge in [-0.05, 0) is 0 Å². The number of alkyl halides is 5. The van der Waals surface area contributed by atoms with Gasteiger partial charge in [-0.25, -0.2) is 18.0 Å². The summed E-state index contributed by atoms with van der Waals surface area (Å²) < 4.78 is 83.4. The van der Waals surface area contributed by atoms with Crippen LogP contribution in [0.15, 0.2) is 17.6 Å². The first-order valence-corrected chi connectivity index (χ1v) is 7.33. The van der Waals surface area contributed by atoms with Gasteiger partial charge >= 0.3 is 11.4 Å². The average Bonchev–Trinajstić information content (AvgIpc) is 3.08. The van der Waals surface area contributed by atoms with Crippen LogP contribution < -0.4 is 9.67 Å². The van der Waals surface area contributed by atoms with E-state index >= 15 is 0 Å². The molecule has 2 aromatic rings. The molecule has 8 nitrogen and oxygen atoms in total. The van der Waals surface area contributed by atoms with Crippen LogP contribution in [-0.2, 0) is 23.3 Å². The van der Waals surface area contributed by atoms with Gasteiger partial charge in [0.05, 0.1) is 7.05 Å². The molecular formula is C9H11F5N6O2S. The molecule has 0 spiro atoms. The van der Waals surface area contributed by atoms with Gasteiger partial charge in [0, 0.05) is 6.42 Å². The normalized spacial score (nSPS) is 12.7. The number of sulfone groups is 1. The van der Waals surface area contributed by atoms with Crippen LogP contribution in [0.5, 0.6) is 0 Å². The number of hydrogen-bond acceptors (Lipinski definition) is 5. The van der Waals surface area contributed by atoms with E-state index in [0.717, 1.165) is 6.42 Å². The smallest absolute Gasteiger partial charge is 0.320 e. The Bertz CT molecular complexity index is 724. The predicted molar refractivity (Wildman–Crippen MR) is 62.7 cm³/mol. The summed E-state index contributed by atoms with van der Waals surface area (Å²) in [5.41, 5.74) is 0. The zero-order valence-corrected chi connectivity index (χ0v) is 12.5. The van der Waals surface area contributed by atoms with Crippen LogP contribution in [0.25, 0.3) is 0 Å². The van der Waals surface area contributed by atoms with Gasteiger partial charge in [0.15, 0.2) is 0 Å². The van der Waals surface area contributed by atoms with Gasteiger partial charge in [0.2, 0.25) is 0 Å². The van der Waals surface area contributed by atoms with E-state index in [1.54, 1.807) is 0 Å². The quantitative estimate of drug-likeness (QED) is 0.616. The zero-order chi connectivity index (χ0) is 17.9. The van der Waals surface area contributed by atoms with Crippen LogP contribution in [0.3, 0.4) is 0 Å². The number of aromatic amines is 1. The molecule has 0 amide bonds. The largest absolute Gasteiger partial charge is 0.469 e. The van der Waals surface area contributed by atoms with E-state index in [9.17, 15) is 30.4 Å². The second kappa shape index (κ2) is 6.55. The van der Waals surface area contributed by atoms with Crippen molar-refractivity contribution in [2.45, 2.75) is 29.9 Å². The first-order chi connectivity index (χ1) is 10.4. The number of nitrogens with one attached hydrogen (secondary N) is 1. The molecule has 0 radical (unpaired) electrons. The highest BCUT2D eigenvalue weighted by molar-refractivity contribution is 7.92. The van der Waals surface area contributed by atoms with Crippen molar-refractivity contribution < 1.29 is 34.9 Å². The van der Waals surface area contributed by atoms with Gasteiger partial charge in [-0.2, -0.15) is 27.2 Å². The molecule has 0 atom stereocenters. The Balaban J connectivity index is 0.000000277. The van der Waals surface area contributed by atoms with Crippen LogP contribution in [0.2, 0.25) is 0 Å². The first-order valence-electron chi connectivity index (χ1n) is 5.85. The number of imidazole rings is 1. The third-order valence-electron chi connectivity index (χ3n) is 2.52. The minimum absolute atomic E-state index is 1.07. The number of H-pyrrole nitrogens is 1. The van der Waals surface area contributed by atoms with Gasteiger partial charge < -0.3 is 5.10 Å². The predicted octanol–water partition coefficient (Wildman–Crippen LogP) is 0.159. The molecule has 14 heteroatoms. The molecule has 0 saturated carbocycles. The Morgan fingerprint density at radius 1 is 1.30 bits per heavy atom. The lowest BCUT2D eigenvalue weighted by atomic mass is 10.5. The van der Waals surface area contributed by atoms with E-state index in [4.69, 9.17) is 0 Å². The standard InChI is InChI=1S/C6H10N2.C3F5N4O2S/c1-3-6-7-4-5-8(6)2;4-2(5,6)3(7,8)15(13,14)1-9-11-12-10-1/h4-5H,3H2,1-2H3;/q;-1/p+1. The van der Waals surface area contributed by atoms with Gasteiger partial charge in [-0.15, -0.1) is 0 Å². The molecule has 23 heavy (non-hydrogen) atoms. The fourth-order valence-electron chi connectivity index (χ4n) is 1.30. The summed E-state index contributed by atoms with van der Waals surface area (Å²) in [5, 5.41) is 2.09. The lowest BCUT2D eigenvalue weighted by molar-refractivity contribution is -0.677. The van der Waals surface area contributed by atoms with Crippen molar-refractivity contribution in [1.82, 2.24) is 25.6 Å². The lowest BCUT2D eigenvalue weighted by Crippen LogP contribution is -2.44. The molecule has 0 aliphatic heterocycles. The molecule has 0 aliphatic carbocycles. The summed E-state index contributed by atoms with van der Waals surface area (Å²) in [7, 11) is -4.02. The number of halogens is 5. The minimum atomic E-state index is -6.26. The zero-order valence-electron chi connectivity index (χ0n) is 11.7. The van der Waals surface area contributed by atoms with Gasteiger partial charge in [0.1, 0.15) is 17.6 Å². The summed E-state index contributed by atoms with van der Waals surface area (Å²) >= 11 is 0. The van der Waals surface area contributed by atoms with Crippen molar-refractivity contribution in [1.29, 1.82) is 0 Å². The van der Waals surface area contributed by atoms with Crippen molar-refractivity contribution in [2.75, 3.05) is 0 Å². The van der Waals surface area contributed by atoms with Crippen LogP contribution in [0, 0.1) is 0 Å². The SMILES string of the molecule is CCc1[nH]cc[n+]1C.O=S(=O)(c1nnn[n-]1)C(F)(F)C(F)(F)F. The maximum atomic E-state index is 12.4. The molecule has 0 saturated heterocycles. The summed E-state index contributed by atoms with van der Waals surface area (Å²) in [4.78, 5) is 3.12. The third kappa shape index (κ3) is 3.80. The molecule has 0 aliphatic rings. The second-order valence-electron chi connectivity index (χ2n) is 4.05. The molecule has 1 N–H and O–H groups in total. The van der Waals surface area contributed by atoms with Crippen LogP contribution in [-0.4, -0.2) is 40.4 Å². The van der Waals surface area contributed by atoms with Gasteiger partial charge in [-0.1, -0.05) is 6.92 Å². The van der Waals surface area contributed by atoms with E-state index in [0.29, 0.717) is 0 Å². The summed E-state index contributed by atoms with van der Waals surface area (Å²) in [6.07, 6.45) is -1.23. The van der Waals surface area contributed by atoms with Crippen LogP contribution >= 0.6 is 0 Å². The Hall–Kier alpha value is -2.12. The third-order valence-corrected chi connectivity index (χ3v) is 4.07. The molecule has 2 heterocycles. The number of aryl methyl sites for hydroxylation is 2. The highest BCUT2D eigenvalue weighted by atomic mass is 32.2. The van der Waals surface area contributed by atoms with Gasteiger partial charge in [-0.3, -0.25) is 10.3 Å². The topological polar surface area (TPSA) is 107 Å². The van der Waals surface area contributed by atoms with Gasteiger partial charge in [0.25, 0.3) is 15.7 Å². The van der Waals surface area contributed by atoms with E-state index in [1.165, 1.54) is 5.82 Å². The number of hydrogen-bond donors (Lipinski definition) is 1. The minimum Gasteiger partial charge on any atom is -0.320 e. The monoisotopic (exact) mass is 362 g/mol. The second-order valence-corrected chi connectivity index (χ2v) is 5.94. The average molecular weight is 362 g/mol.